The summed E-state index contributed by atoms with van der Waals surface area (Å²) in [6, 6.07) is 5.94. The molecule has 1 heterocycles. The molecule has 0 unspecified atom stereocenters. The third-order valence-electron chi connectivity index (χ3n) is 4.43. The van der Waals surface area contributed by atoms with E-state index in [1.807, 2.05) is 17.5 Å². The van der Waals surface area contributed by atoms with Crippen LogP contribution in [0.2, 0.25) is 0 Å². The number of nitro benzene ring substituents is 1. The Kier molecular flexibility index (Phi) is 9.61. The van der Waals surface area contributed by atoms with Crippen LogP contribution in [0.3, 0.4) is 0 Å². The largest absolute Gasteiger partial charge is 0.493 e. The number of carbonyl (C=O) groups excluding carboxylic acids is 3. The van der Waals surface area contributed by atoms with E-state index in [-0.39, 0.29) is 42.7 Å². The Hall–Kier alpha value is -3.67. The average Bonchev–Trinajstić information content (AvgIpc) is 3.33. The molecule has 0 aliphatic heterocycles. The number of nitro groups is 1. The predicted molar refractivity (Wildman–Crippen MR) is 120 cm³/mol. The number of amides is 2. The van der Waals surface area contributed by atoms with E-state index in [0.717, 1.165) is 17.0 Å². The number of hydrogen-bond donors (Lipinski definition) is 1. The number of likely N-dealkylation sites (N-methyl/N-ethyl adjacent to an activating group) is 1. The van der Waals surface area contributed by atoms with Crippen molar-refractivity contribution >= 4 is 34.8 Å². The Morgan fingerprint density at radius 3 is 2.55 bits per heavy atom. The summed E-state index contributed by atoms with van der Waals surface area (Å²) < 4.78 is 15.4. The monoisotopic (exact) mass is 479 g/mol. The van der Waals surface area contributed by atoms with Crippen LogP contribution in [0.15, 0.2) is 29.6 Å². The van der Waals surface area contributed by atoms with Crippen molar-refractivity contribution in [3.8, 4) is 11.5 Å². The van der Waals surface area contributed by atoms with Gasteiger partial charge in [0.15, 0.2) is 18.1 Å². The lowest BCUT2D eigenvalue weighted by molar-refractivity contribution is -0.385. The first-order valence-electron chi connectivity index (χ1n) is 10.0. The third-order valence-corrected chi connectivity index (χ3v) is 5.31. The van der Waals surface area contributed by atoms with E-state index in [0.29, 0.717) is 6.54 Å². The lowest BCUT2D eigenvalue weighted by atomic mass is 10.1. The lowest BCUT2D eigenvalue weighted by Crippen LogP contribution is -2.42. The van der Waals surface area contributed by atoms with Crippen LogP contribution in [0.5, 0.6) is 11.5 Å². The van der Waals surface area contributed by atoms with Crippen LogP contribution in [-0.2, 0) is 20.9 Å². The zero-order chi connectivity index (χ0) is 24.4. The van der Waals surface area contributed by atoms with Gasteiger partial charge in [-0.05, 0) is 25.3 Å². The summed E-state index contributed by atoms with van der Waals surface area (Å²) in [5.74, 6) is -1.84. The second-order valence-electron chi connectivity index (χ2n) is 6.55. The van der Waals surface area contributed by atoms with Crippen LogP contribution in [0, 0.1) is 10.1 Å². The molecule has 0 fully saturated rings. The number of nitrogens with zero attached hydrogens (tertiary/aromatic N) is 2. The van der Waals surface area contributed by atoms with Crippen molar-refractivity contribution in [3.05, 3.63) is 50.2 Å². The molecule has 33 heavy (non-hydrogen) atoms. The SMILES string of the molecule is CCOc1cc([N+](=O)[O-])c(C(=O)OCC(=O)N(CC)CC(=O)NCc2cccs2)cc1OC. The molecule has 2 amide bonds. The molecule has 1 aromatic carbocycles. The minimum Gasteiger partial charge on any atom is -0.493 e. The van der Waals surface area contributed by atoms with E-state index in [2.05, 4.69) is 5.32 Å². The fraction of sp³-hybridized carbons (Fsp3) is 0.381. The fourth-order valence-electron chi connectivity index (χ4n) is 2.79. The zero-order valence-corrected chi connectivity index (χ0v) is 19.3. The van der Waals surface area contributed by atoms with Crippen LogP contribution in [0.25, 0.3) is 0 Å². The summed E-state index contributed by atoms with van der Waals surface area (Å²) in [7, 11) is 1.32. The highest BCUT2D eigenvalue weighted by molar-refractivity contribution is 7.09. The number of esters is 1. The Morgan fingerprint density at radius 1 is 1.21 bits per heavy atom. The molecule has 1 N–H and O–H groups in total. The summed E-state index contributed by atoms with van der Waals surface area (Å²) in [6.07, 6.45) is 0. The first-order valence-corrected chi connectivity index (χ1v) is 10.9. The highest BCUT2D eigenvalue weighted by Gasteiger charge is 2.27. The van der Waals surface area contributed by atoms with Crippen molar-refractivity contribution in [3.63, 3.8) is 0 Å². The van der Waals surface area contributed by atoms with Crippen LogP contribution >= 0.6 is 11.3 Å². The van der Waals surface area contributed by atoms with Crippen molar-refractivity contribution in [2.75, 3.05) is 33.4 Å². The molecule has 2 rings (SSSR count). The molecule has 1 aromatic heterocycles. The zero-order valence-electron chi connectivity index (χ0n) is 18.5. The molecular formula is C21H25N3O8S. The van der Waals surface area contributed by atoms with Gasteiger partial charge in [-0.1, -0.05) is 6.07 Å². The molecule has 11 nitrogen and oxygen atoms in total. The molecule has 178 valence electrons. The van der Waals surface area contributed by atoms with Crippen molar-refractivity contribution in [2.24, 2.45) is 0 Å². The maximum Gasteiger partial charge on any atom is 0.345 e. The van der Waals surface area contributed by atoms with E-state index in [1.54, 1.807) is 13.8 Å². The van der Waals surface area contributed by atoms with Crippen molar-refractivity contribution in [2.45, 2.75) is 20.4 Å². The van der Waals surface area contributed by atoms with Crippen LogP contribution < -0.4 is 14.8 Å². The Bertz CT molecular complexity index is 994. The van der Waals surface area contributed by atoms with E-state index < -0.39 is 29.1 Å². The van der Waals surface area contributed by atoms with E-state index >= 15 is 0 Å². The Morgan fingerprint density at radius 2 is 1.97 bits per heavy atom. The first kappa shape index (κ1) is 25.6. The van der Waals surface area contributed by atoms with Gasteiger partial charge in [0.05, 0.1) is 37.8 Å². The van der Waals surface area contributed by atoms with Gasteiger partial charge in [-0.2, -0.15) is 0 Å². The van der Waals surface area contributed by atoms with Gasteiger partial charge < -0.3 is 24.4 Å². The van der Waals surface area contributed by atoms with Gasteiger partial charge in [0.1, 0.15) is 5.56 Å². The molecule has 0 aliphatic rings. The highest BCUT2D eigenvalue weighted by Crippen LogP contribution is 2.35. The van der Waals surface area contributed by atoms with Gasteiger partial charge in [-0.15, -0.1) is 11.3 Å². The minimum absolute atomic E-state index is 0.102. The number of hydrogen-bond acceptors (Lipinski definition) is 9. The molecule has 0 aliphatic carbocycles. The quantitative estimate of drug-likeness (QED) is 0.278. The normalized spacial score (nSPS) is 10.3. The summed E-state index contributed by atoms with van der Waals surface area (Å²) in [4.78, 5) is 50.0. The van der Waals surface area contributed by atoms with Crippen molar-refractivity contribution < 1.29 is 33.5 Å². The molecule has 0 saturated carbocycles. The number of rotatable bonds is 12. The second kappa shape index (κ2) is 12.4. The van der Waals surface area contributed by atoms with Gasteiger partial charge in [0, 0.05) is 17.5 Å². The summed E-state index contributed by atoms with van der Waals surface area (Å²) >= 11 is 1.50. The van der Waals surface area contributed by atoms with Crippen LogP contribution in [0.4, 0.5) is 5.69 Å². The maximum absolute atomic E-state index is 12.5. The fourth-order valence-corrected chi connectivity index (χ4v) is 3.44. The summed E-state index contributed by atoms with van der Waals surface area (Å²) in [5, 5.41) is 16.0. The van der Waals surface area contributed by atoms with E-state index in [1.165, 1.54) is 23.3 Å². The highest BCUT2D eigenvalue weighted by atomic mass is 32.1. The molecule has 0 spiro atoms. The van der Waals surface area contributed by atoms with Gasteiger partial charge in [-0.25, -0.2) is 4.79 Å². The summed E-state index contributed by atoms with van der Waals surface area (Å²) in [5.41, 5.74) is -0.929. The molecule has 0 bridgehead atoms. The number of carbonyl (C=O) groups is 3. The second-order valence-corrected chi connectivity index (χ2v) is 7.58. The molecule has 0 saturated heterocycles. The molecule has 12 heteroatoms. The molecule has 0 radical (unpaired) electrons. The van der Waals surface area contributed by atoms with Crippen molar-refractivity contribution in [1.82, 2.24) is 10.2 Å². The predicted octanol–water partition coefficient (Wildman–Crippen LogP) is 2.39. The van der Waals surface area contributed by atoms with E-state index in [9.17, 15) is 24.5 Å². The Balaban J connectivity index is 2.02. The van der Waals surface area contributed by atoms with Crippen LogP contribution in [-0.4, -0.2) is 61.0 Å². The number of ether oxygens (including phenoxy) is 3. The average molecular weight is 480 g/mol. The van der Waals surface area contributed by atoms with Crippen molar-refractivity contribution in [1.29, 1.82) is 0 Å². The third kappa shape index (κ3) is 7.17. The molecule has 0 atom stereocenters. The molecule has 2 aromatic rings. The van der Waals surface area contributed by atoms with Crippen LogP contribution in [0.1, 0.15) is 29.1 Å². The van der Waals surface area contributed by atoms with Gasteiger partial charge in [0.25, 0.3) is 11.6 Å². The number of benzene rings is 1. The number of nitrogens with one attached hydrogen (secondary N) is 1. The van der Waals surface area contributed by atoms with Gasteiger partial charge in [0.2, 0.25) is 5.91 Å². The topological polar surface area (TPSA) is 137 Å². The Labute approximate surface area is 194 Å². The van der Waals surface area contributed by atoms with Gasteiger partial charge >= 0.3 is 5.97 Å². The standard InChI is InChI=1S/C21H25N3O8S/c1-4-23(12-19(25)22-11-14-7-6-8-33-14)20(26)13-32-21(27)15-9-17(30-3)18(31-5-2)10-16(15)24(28)29/h6-10H,4-5,11-13H2,1-3H3,(H,22,25). The first-order chi connectivity index (χ1) is 15.8. The lowest BCUT2D eigenvalue weighted by Gasteiger charge is -2.20. The minimum atomic E-state index is -1.07. The summed E-state index contributed by atoms with van der Waals surface area (Å²) in [6.45, 7) is 3.27. The maximum atomic E-state index is 12.5. The van der Waals surface area contributed by atoms with Gasteiger partial charge in [-0.3, -0.25) is 19.7 Å². The number of methoxy groups -OCH3 is 1. The van der Waals surface area contributed by atoms with E-state index in [4.69, 9.17) is 14.2 Å². The molecular weight excluding hydrogens is 454 g/mol. The smallest absolute Gasteiger partial charge is 0.345 e. The number of thiophene rings is 1.